The first kappa shape index (κ1) is 8.90. The van der Waals surface area contributed by atoms with E-state index in [4.69, 9.17) is 0 Å². The van der Waals surface area contributed by atoms with Gasteiger partial charge >= 0.3 is 69.6 Å². The van der Waals surface area contributed by atoms with E-state index in [2.05, 4.69) is 24.8 Å². The fourth-order valence-corrected chi connectivity index (χ4v) is 3.28. The van der Waals surface area contributed by atoms with E-state index < -0.39 is 24.5 Å². The molecule has 0 aliphatic heterocycles. The fourth-order valence-electron chi connectivity index (χ4n) is 0.700. The molecule has 0 unspecified atom stereocenters. The van der Waals surface area contributed by atoms with Gasteiger partial charge in [0.15, 0.2) is 0 Å². The Balaban J connectivity index is 2.99. The molecular formula is C7H11FN2Sn. The Morgan fingerprint density at radius 3 is 2.00 bits per heavy atom. The van der Waals surface area contributed by atoms with Crippen LogP contribution in [0.2, 0.25) is 14.8 Å². The van der Waals surface area contributed by atoms with Gasteiger partial charge in [-0.05, 0) is 0 Å². The molecule has 4 heteroatoms. The van der Waals surface area contributed by atoms with Gasteiger partial charge in [0.25, 0.3) is 0 Å². The molecule has 0 saturated heterocycles. The number of rotatable bonds is 1. The van der Waals surface area contributed by atoms with Crippen LogP contribution in [0.15, 0.2) is 12.4 Å². The molecule has 0 N–H and O–H groups in total. The number of hydrogen-bond donors (Lipinski definition) is 0. The van der Waals surface area contributed by atoms with E-state index in [-0.39, 0.29) is 0 Å². The number of aromatic nitrogens is 2. The quantitative estimate of drug-likeness (QED) is 0.560. The van der Waals surface area contributed by atoms with Crippen LogP contribution in [0.25, 0.3) is 0 Å². The zero-order valence-electron chi connectivity index (χ0n) is 6.93. The van der Waals surface area contributed by atoms with Crippen LogP contribution in [-0.2, 0) is 0 Å². The summed E-state index contributed by atoms with van der Waals surface area (Å²) >= 11 is -2.03. The van der Waals surface area contributed by atoms with Gasteiger partial charge in [-0.25, -0.2) is 0 Å². The zero-order valence-corrected chi connectivity index (χ0v) is 9.78. The first-order valence-corrected chi connectivity index (χ1v) is 13.5. The minimum atomic E-state index is -2.03. The van der Waals surface area contributed by atoms with Crippen LogP contribution in [0, 0.1) is 6.08 Å². The monoisotopic (exact) mass is 262 g/mol. The van der Waals surface area contributed by atoms with Gasteiger partial charge in [-0.15, -0.1) is 0 Å². The summed E-state index contributed by atoms with van der Waals surface area (Å²) in [4.78, 5) is 13.8. The van der Waals surface area contributed by atoms with Crippen LogP contribution in [-0.4, -0.2) is 28.3 Å². The van der Waals surface area contributed by atoms with Crippen molar-refractivity contribution in [1.82, 2.24) is 9.97 Å². The summed E-state index contributed by atoms with van der Waals surface area (Å²) < 4.78 is 13.4. The van der Waals surface area contributed by atoms with Gasteiger partial charge in [-0.2, -0.15) is 0 Å². The summed E-state index contributed by atoms with van der Waals surface area (Å²) in [5.41, 5.74) is 0. The normalized spacial score (nSPS) is 11.6. The number of hydrogen-bond acceptors (Lipinski definition) is 2. The molecule has 0 bridgehead atoms. The van der Waals surface area contributed by atoms with Crippen LogP contribution in [0.1, 0.15) is 0 Å². The minimum absolute atomic E-state index is 0.635. The molecule has 60 valence electrons. The third-order valence-electron chi connectivity index (χ3n) is 1.49. The third-order valence-corrected chi connectivity index (χ3v) is 7.17. The summed E-state index contributed by atoms with van der Waals surface area (Å²) in [5, 5.41) is 0. The molecule has 0 fully saturated rings. The molecule has 0 aromatic carbocycles. The molecule has 1 aromatic rings. The zero-order chi connectivity index (χ0) is 8.48. The van der Waals surface area contributed by atoms with Crippen molar-refractivity contribution < 1.29 is 4.39 Å². The molecule has 0 atom stereocenters. The second kappa shape index (κ2) is 3.05. The average Bonchev–Trinajstić information content (AvgIpc) is 1.86. The van der Waals surface area contributed by atoms with Gasteiger partial charge in [-0.3, -0.25) is 0 Å². The molecule has 0 aliphatic carbocycles. The molecule has 0 radical (unpaired) electrons. The second-order valence-electron chi connectivity index (χ2n) is 3.49. The molecule has 0 amide bonds. The summed E-state index contributed by atoms with van der Waals surface area (Å²) in [6.07, 6.45) is 2.58. The van der Waals surface area contributed by atoms with Crippen molar-refractivity contribution in [3.05, 3.63) is 18.5 Å². The molecule has 0 spiro atoms. The average molecular weight is 261 g/mol. The first-order chi connectivity index (χ1) is 5.00. The molecule has 1 rings (SSSR count). The molecule has 0 aliphatic rings. The molecule has 2 nitrogen and oxygen atoms in total. The summed E-state index contributed by atoms with van der Waals surface area (Å²) in [5.74, 6) is 0. The summed E-state index contributed by atoms with van der Waals surface area (Å²) in [6, 6.07) is 0. The van der Waals surface area contributed by atoms with Crippen molar-refractivity contribution in [1.29, 1.82) is 0 Å². The second-order valence-corrected chi connectivity index (χ2v) is 18.0. The van der Waals surface area contributed by atoms with Crippen molar-refractivity contribution >= 4 is 22.0 Å². The van der Waals surface area contributed by atoms with Crippen molar-refractivity contribution in [3.8, 4) is 0 Å². The number of halogens is 1. The molecule has 1 heterocycles. The van der Waals surface area contributed by atoms with Gasteiger partial charge in [0.1, 0.15) is 0 Å². The van der Waals surface area contributed by atoms with Crippen molar-refractivity contribution in [3.63, 3.8) is 0 Å². The van der Waals surface area contributed by atoms with E-state index in [9.17, 15) is 4.39 Å². The standard InChI is InChI=1S/C4H2FN2.3CH3.Sn/c5-4-6-2-1-3-7-4;;;;/h2-3H;3*1H3;. The van der Waals surface area contributed by atoms with E-state index in [1.165, 1.54) is 0 Å². The van der Waals surface area contributed by atoms with E-state index in [1.54, 1.807) is 12.4 Å². The van der Waals surface area contributed by atoms with Gasteiger partial charge in [-0.1, -0.05) is 0 Å². The van der Waals surface area contributed by atoms with Crippen LogP contribution in [0.3, 0.4) is 0 Å². The molecule has 11 heavy (non-hydrogen) atoms. The van der Waals surface area contributed by atoms with Crippen LogP contribution in [0.4, 0.5) is 4.39 Å². The number of nitrogens with zero attached hydrogens (tertiary/aromatic N) is 2. The first-order valence-electron chi connectivity index (χ1n) is 3.48. The summed E-state index contributed by atoms with van der Waals surface area (Å²) in [6.45, 7) is 0. The van der Waals surface area contributed by atoms with Crippen molar-refractivity contribution in [2.45, 2.75) is 14.8 Å². The Bertz CT molecular complexity index is 240. The molecule has 1 aromatic heterocycles. The Morgan fingerprint density at radius 2 is 1.64 bits per heavy atom. The van der Waals surface area contributed by atoms with E-state index in [0.717, 1.165) is 3.58 Å². The topological polar surface area (TPSA) is 25.8 Å². The van der Waals surface area contributed by atoms with Gasteiger partial charge < -0.3 is 0 Å². The molecule has 0 saturated carbocycles. The predicted octanol–water partition coefficient (Wildman–Crippen LogP) is 1.16. The van der Waals surface area contributed by atoms with Gasteiger partial charge in [0.05, 0.1) is 0 Å². The predicted molar refractivity (Wildman–Crippen MR) is 45.0 cm³/mol. The van der Waals surface area contributed by atoms with Gasteiger partial charge in [0, 0.05) is 0 Å². The van der Waals surface area contributed by atoms with Crippen LogP contribution >= 0.6 is 0 Å². The summed E-state index contributed by atoms with van der Waals surface area (Å²) in [7, 11) is 0. The van der Waals surface area contributed by atoms with Crippen LogP contribution < -0.4 is 3.58 Å². The van der Waals surface area contributed by atoms with E-state index >= 15 is 0 Å². The maximum absolute atomic E-state index is 12.3. The van der Waals surface area contributed by atoms with Crippen molar-refractivity contribution in [2.75, 3.05) is 0 Å². The Morgan fingerprint density at radius 1 is 1.18 bits per heavy atom. The Kier molecular flexibility index (Phi) is 2.46. The van der Waals surface area contributed by atoms with Crippen LogP contribution in [0.5, 0.6) is 0 Å². The SMILES string of the molecule is [CH3][Sn]([CH3])([CH3])[c]1cnc(F)nc1. The van der Waals surface area contributed by atoms with Crippen molar-refractivity contribution in [2.24, 2.45) is 0 Å². The Hall–Kier alpha value is -0.191. The fraction of sp³-hybridized carbons (Fsp3) is 0.429. The van der Waals surface area contributed by atoms with E-state index in [1.807, 2.05) is 0 Å². The van der Waals surface area contributed by atoms with E-state index in [0.29, 0.717) is 0 Å². The molecular weight excluding hydrogens is 250 g/mol. The Labute approximate surface area is 69.7 Å². The maximum atomic E-state index is 12.3. The van der Waals surface area contributed by atoms with Gasteiger partial charge in [0.2, 0.25) is 0 Å². The third kappa shape index (κ3) is 2.39.